The van der Waals surface area contributed by atoms with Gasteiger partial charge in [-0.25, -0.2) is 0 Å². The number of carbonyl (C=O) groups is 1. The molecule has 1 heterocycles. The molecule has 22 heavy (non-hydrogen) atoms. The average Bonchev–Trinajstić information content (AvgIpc) is 2.77. The summed E-state index contributed by atoms with van der Waals surface area (Å²) in [6.07, 6.45) is 1.17. The van der Waals surface area contributed by atoms with Crippen LogP contribution in [0.15, 0.2) is 22.7 Å². The van der Waals surface area contributed by atoms with Gasteiger partial charge in [0.25, 0.3) is 0 Å². The molecule has 1 N–H and O–H groups in total. The fraction of sp³-hybridized carbons (Fsp3) is 0.444. The summed E-state index contributed by atoms with van der Waals surface area (Å²) in [6.45, 7) is 9.95. The molecule has 0 saturated heterocycles. The highest BCUT2D eigenvalue weighted by Crippen LogP contribution is 2.22. The SMILES string of the molecule is CCC(NC(=O)Cc1c(C)noc1C)c1ccc(C)cc1C. The third-order valence-corrected chi connectivity index (χ3v) is 4.06. The molecule has 118 valence electrons. The molecule has 0 radical (unpaired) electrons. The van der Waals surface area contributed by atoms with Crippen LogP contribution < -0.4 is 5.32 Å². The summed E-state index contributed by atoms with van der Waals surface area (Å²) in [5.74, 6) is 0.716. The first-order valence-corrected chi connectivity index (χ1v) is 7.70. The molecule has 1 amide bonds. The predicted molar refractivity (Wildman–Crippen MR) is 86.8 cm³/mol. The van der Waals surface area contributed by atoms with E-state index in [1.54, 1.807) is 0 Å². The fourth-order valence-electron chi connectivity index (χ4n) is 2.78. The van der Waals surface area contributed by atoms with Crippen LogP contribution in [0.25, 0.3) is 0 Å². The summed E-state index contributed by atoms with van der Waals surface area (Å²) in [5, 5.41) is 7.02. The van der Waals surface area contributed by atoms with Crippen LogP contribution in [0, 0.1) is 27.7 Å². The molecule has 0 bridgehead atoms. The van der Waals surface area contributed by atoms with E-state index in [0.717, 1.165) is 17.7 Å². The number of hydrogen-bond acceptors (Lipinski definition) is 3. The predicted octanol–water partition coefficient (Wildman–Crippen LogP) is 3.72. The Labute approximate surface area is 131 Å². The summed E-state index contributed by atoms with van der Waals surface area (Å²) >= 11 is 0. The van der Waals surface area contributed by atoms with Crippen molar-refractivity contribution in [1.82, 2.24) is 10.5 Å². The summed E-state index contributed by atoms with van der Waals surface area (Å²) < 4.78 is 5.11. The molecule has 1 atom stereocenters. The molecular weight excluding hydrogens is 276 g/mol. The maximum atomic E-state index is 12.4. The van der Waals surface area contributed by atoms with Gasteiger partial charge in [0, 0.05) is 5.56 Å². The molecule has 2 aromatic rings. The zero-order chi connectivity index (χ0) is 16.3. The van der Waals surface area contributed by atoms with Crippen LogP contribution in [0.4, 0.5) is 0 Å². The highest BCUT2D eigenvalue weighted by Gasteiger charge is 2.18. The number of carbonyl (C=O) groups excluding carboxylic acids is 1. The van der Waals surface area contributed by atoms with Gasteiger partial charge in [0.2, 0.25) is 5.91 Å². The van der Waals surface area contributed by atoms with Gasteiger partial charge in [0.05, 0.1) is 18.2 Å². The largest absolute Gasteiger partial charge is 0.361 e. The molecule has 0 aliphatic carbocycles. The molecule has 1 unspecified atom stereocenters. The van der Waals surface area contributed by atoms with Crippen molar-refractivity contribution in [2.75, 3.05) is 0 Å². The van der Waals surface area contributed by atoms with Crippen LogP contribution in [-0.4, -0.2) is 11.1 Å². The van der Waals surface area contributed by atoms with Crippen molar-refractivity contribution in [3.05, 3.63) is 51.9 Å². The number of benzene rings is 1. The summed E-state index contributed by atoms with van der Waals surface area (Å²) in [6, 6.07) is 6.38. The van der Waals surface area contributed by atoms with Crippen LogP contribution in [0.1, 0.15) is 53.1 Å². The number of amides is 1. The summed E-state index contributed by atoms with van der Waals surface area (Å²) in [7, 11) is 0. The molecule has 4 heteroatoms. The lowest BCUT2D eigenvalue weighted by Crippen LogP contribution is -2.30. The Bertz CT molecular complexity index is 654. The quantitative estimate of drug-likeness (QED) is 0.915. The molecule has 0 saturated carbocycles. The lowest BCUT2D eigenvalue weighted by atomic mass is 9.97. The Balaban J connectivity index is 2.11. The van der Waals surface area contributed by atoms with Crippen LogP contribution in [0.2, 0.25) is 0 Å². The third-order valence-electron chi connectivity index (χ3n) is 4.06. The summed E-state index contributed by atoms with van der Waals surface area (Å²) in [4.78, 5) is 12.4. The number of aryl methyl sites for hydroxylation is 4. The van der Waals surface area contributed by atoms with E-state index >= 15 is 0 Å². The van der Waals surface area contributed by atoms with E-state index in [4.69, 9.17) is 4.52 Å². The average molecular weight is 300 g/mol. The fourth-order valence-corrected chi connectivity index (χ4v) is 2.78. The Morgan fingerprint density at radius 3 is 2.55 bits per heavy atom. The van der Waals surface area contributed by atoms with E-state index in [1.807, 2.05) is 13.8 Å². The molecule has 2 rings (SSSR count). The molecular formula is C18H24N2O2. The summed E-state index contributed by atoms with van der Waals surface area (Å²) in [5.41, 5.74) is 5.29. The standard InChI is InChI=1S/C18H24N2O2/c1-6-17(15-8-7-11(2)9-12(15)3)19-18(21)10-16-13(4)20-22-14(16)5/h7-9,17H,6,10H2,1-5H3,(H,19,21). The van der Waals surface area contributed by atoms with Crippen molar-refractivity contribution in [2.45, 2.75) is 53.5 Å². The van der Waals surface area contributed by atoms with Gasteiger partial charge in [-0.15, -0.1) is 0 Å². The lowest BCUT2D eigenvalue weighted by Gasteiger charge is -2.20. The van der Waals surface area contributed by atoms with Gasteiger partial charge in [-0.1, -0.05) is 35.8 Å². The van der Waals surface area contributed by atoms with Gasteiger partial charge in [0.15, 0.2) is 0 Å². The van der Waals surface area contributed by atoms with E-state index in [9.17, 15) is 4.79 Å². The zero-order valence-electron chi connectivity index (χ0n) is 14.0. The Morgan fingerprint density at radius 2 is 2.00 bits per heavy atom. The molecule has 1 aromatic carbocycles. The zero-order valence-corrected chi connectivity index (χ0v) is 14.0. The number of nitrogens with one attached hydrogen (secondary N) is 1. The smallest absolute Gasteiger partial charge is 0.225 e. The van der Waals surface area contributed by atoms with Gasteiger partial charge in [0.1, 0.15) is 5.76 Å². The van der Waals surface area contributed by atoms with Crippen molar-refractivity contribution in [2.24, 2.45) is 0 Å². The molecule has 0 fully saturated rings. The van der Waals surface area contributed by atoms with Crippen LogP contribution in [0.3, 0.4) is 0 Å². The van der Waals surface area contributed by atoms with Gasteiger partial charge >= 0.3 is 0 Å². The van der Waals surface area contributed by atoms with Crippen molar-refractivity contribution in [3.8, 4) is 0 Å². The number of nitrogens with zero attached hydrogens (tertiary/aromatic N) is 1. The van der Waals surface area contributed by atoms with Crippen molar-refractivity contribution in [3.63, 3.8) is 0 Å². The first kappa shape index (κ1) is 16.3. The van der Waals surface area contributed by atoms with Crippen LogP contribution in [0.5, 0.6) is 0 Å². The Kier molecular flexibility index (Phi) is 5.01. The number of hydrogen-bond donors (Lipinski definition) is 1. The van der Waals surface area contributed by atoms with E-state index in [0.29, 0.717) is 12.2 Å². The van der Waals surface area contributed by atoms with Crippen LogP contribution in [-0.2, 0) is 11.2 Å². The maximum Gasteiger partial charge on any atom is 0.225 e. The molecule has 0 aliphatic rings. The van der Waals surface area contributed by atoms with Gasteiger partial charge < -0.3 is 9.84 Å². The van der Waals surface area contributed by atoms with Crippen molar-refractivity contribution < 1.29 is 9.32 Å². The molecule has 0 spiro atoms. The first-order chi connectivity index (χ1) is 10.4. The van der Waals surface area contributed by atoms with Crippen LogP contribution >= 0.6 is 0 Å². The normalized spacial score (nSPS) is 12.2. The topological polar surface area (TPSA) is 55.1 Å². The van der Waals surface area contributed by atoms with E-state index in [1.165, 1.54) is 16.7 Å². The second kappa shape index (κ2) is 6.77. The van der Waals surface area contributed by atoms with E-state index in [-0.39, 0.29) is 11.9 Å². The monoisotopic (exact) mass is 300 g/mol. The molecule has 1 aromatic heterocycles. The molecule has 0 aliphatic heterocycles. The maximum absolute atomic E-state index is 12.4. The van der Waals surface area contributed by atoms with Gasteiger partial charge in [-0.3, -0.25) is 4.79 Å². The minimum absolute atomic E-state index is 0.00113. The van der Waals surface area contributed by atoms with Crippen molar-refractivity contribution in [1.29, 1.82) is 0 Å². The number of aromatic nitrogens is 1. The number of rotatable bonds is 5. The van der Waals surface area contributed by atoms with Gasteiger partial charge in [-0.2, -0.15) is 0 Å². The van der Waals surface area contributed by atoms with Crippen molar-refractivity contribution >= 4 is 5.91 Å². The Hall–Kier alpha value is -2.10. The minimum Gasteiger partial charge on any atom is -0.361 e. The van der Waals surface area contributed by atoms with E-state index < -0.39 is 0 Å². The third kappa shape index (κ3) is 3.56. The van der Waals surface area contributed by atoms with Gasteiger partial charge in [-0.05, 0) is 45.2 Å². The molecule has 4 nitrogen and oxygen atoms in total. The minimum atomic E-state index is 0.00113. The first-order valence-electron chi connectivity index (χ1n) is 7.70. The Morgan fingerprint density at radius 1 is 1.27 bits per heavy atom. The highest BCUT2D eigenvalue weighted by molar-refractivity contribution is 5.79. The second-order valence-corrected chi connectivity index (χ2v) is 5.87. The highest BCUT2D eigenvalue weighted by atomic mass is 16.5. The second-order valence-electron chi connectivity index (χ2n) is 5.87. The van der Waals surface area contributed by atoms with E-state index in [2.05, 4.69) is 49.4 Å². The lowest BCUT2D eigenvalue weighted by molar-refractivity contribution is -0.121.